The predicted molar refractivity (Wildman–Crippen MR) is 115 cm³/mol. The summed E-state index contributed by atoms with van der Waals surface area (Å²) in [4.78, 5) is 8.25. The van der Waals surface area contributed by atoms with Gasteiger partial charge in [0.05, 0.1) is 17.6 Å². The summed E-state index contributed by atoms with van der Waals surface area (Å²) in [5.74, 6) is 1.15. The van der Waals surface area contributed by atoms with Gasteiger partial charge in [0.15, 0.2) is 5.82 Å². The molecule has 8 heteroatoms. The lowest BCUT2D eigenvalue weighted by molar-refractivity contribution is 0.415. The van der Waals surface area contributed by atoms with Crippen LogP contribution in [0.15, 0.2) is 59.8 Å². The number of ether oxygens (including phenoxy) is 1. The first-order chi connectivity index (χ1) is 13.9. The number of sulfonamides is 1. The second-order valence-electron chi connectivity index (χ2n) is 6.60. The molecule has 0 bridgehead atoms. The molecule has 0 amide bonds. The first kappa shape index (κ1) is 21.1. The summed E-state index contributed by atoms with van der Waals surface area (Å²) in [7, 11) is -2.28. The average molecular weight is 432 g/mol. The van der Waals surface area contributed by atoms with E-state index < -0.39 is 10.0 Å². The minimum Gasteiger partial charge on any atom is -0.497 e. The molecule has 0 radical (unpaired) electrons. The molecule has 1 aromatic heterocycles. The highest BCUT2D eigenvalue weighted by Crippen LogP contribution is 2.34. The zero-order valence-corrected chi connectivity index (χ0v) is 18.0. The SMILES string of the molecule is CCC(C)c1ccc(S(=O)(=O)Nc2ncnc(Cl)c2-c2ccc(OC)cc2)cc1. The van der Waals surface area contributed by atoms with Gasteiger partial charge in [0.1, 0.15) is 17.2 Å². The van der Waals surface area contributed by atoms with E-state index in [1.54, 1.807) is 43.5 Å². The van der Waals surface area contributed by atoms with E-state index in [1.165, 1.54) is 6.33 Å². The minimum absolute atomic E-state index is 0.112. The molecular weight excluding hydrogens is 410 g/mol. The lowest BCUT2D eigenvalue weighted by Gasteiger charge is -2.14. The summed E-state index contributed by atoms with van der Waals surface area (Å²) in [6, 6.07) is 13.9. The van der Waals surface area contributed by atoms with Gasteiger partial charge in [0, 0.05) is 0 Å². The minimum atomic E-state index is -3.85. The van der Waals surface area contributed by atoms with Crippen molar-refractivity contribution in [2.24, 2.45) is 0 Å². The van der Waals surface area contributed by atoms with Crippen LogP contribution in [0.3, 0.4) is 0 Å². The van der Waals surface area contributed by atoms with Gasteiger partial charge in [0.2, 0.25) is 0 Å². The van der Waals surface area contributed by atoms with Crippen molar-refractivity contribution in [3.8, 4) is 16.9 Å². The molecule has 1 N–H and O–H groups in total. The summed E-state index contributed by atoms with van der Waals surface area (Å²) in [5.41, 5.74) is 2.16. The maximum atomic E-state index is 12.9. The zero-order valence-electron chi connectivity index (χ0n) is 16.4. The number of hydrogen-bond acceptors (Lipinski definition) is 5. The second kappa shape index (κ2) is 8.80. The molecule has 1 atom stereocenters. The van der Waals surface area contributed by atoms with Crippen LogP contribution in [-0.4, -0.2) is 25.5 Å². The number of benzene rings is 2. The Morgan fingerprint density at radius 3 is 2.31 bits per heavy atom. The average Bonchev–Trinajstić information content (AvgIpc) is 2.73. The van der Waals surface area contributed by atoms with E-state index in [2.05, 4.69) is 28.5 Å². The molecule has 6 nitrogen and oxygen atoms in total. The Labute approximate surface area is 176 Å². The van der Waals surface area contributed by atoms with E-state index in [0.29, 0.717) is 22.8 Å². The number of nitrogens with zero attached hydrogens (tertiary/aromatic N) is 2. The van der Waals surface area contributed by atoms with E-state index in [-0.39, 0.29) is 15.9 Å². The molecule has 2 aromatic carbocycles. The van der Waals surface area contributed by atoms with Crippen LogP contribution in [0.5, 0.6) is 5.75 Å². The molecule has 1 unspecified atom stereocenters. The van der Waals surface area contributed by atoms with Crippen molar-refractivity contribution in [3.05, 3.63) is 65.6 Å². The van der Waals surface area contributed by atoms with Crippen molar-refractivity contribution in [1.82, 2.24) is 9.97 Å². The van der Waals surface area contributed by atoms with E-state index in [0.717, 1.165) is 12.0 Å². The predicted octanol–water partition coefficient (Wildman–Crippen LogP) is 5.12. The highest BCUT2D eigenvalue weighted by Gasteiger charge is 2.20. The number of aromatic nitrogens is 2. The summed E-state index contributed by atoms with van der Waals surface area (Å²) in [6.45, 7) is 4.20. The smallest absolute Gasteiger partial charge is 0.263 e. The van der Waals surface area contributed by atoms with Crippen LogP contribution in [-0.2, 0) is 10.0 Å². The molecule has 0 saturated heterocycles. The Bertz CT molecular complexity index is 1090. The van der Waals surface area contributed by atoms with Gasteiger partial charge < -0.3 is 4.74 Å². The monoisotopic (exact) mass is 431 g/mol. The third-order valence-corrected chi connectivity index (χ3v) is 6.42. The molecule has 0 aliphatic heterocycles. The molecule has 0 aliphatic carbocycles. The van der Waals surface area contributed by atoms with Crippen LogP contribution in [0.2, 0.25) is 5.15 Å². The van der Waals surface area contributed by atoms with Gasteiger partial charge in [-0.05, 0) is 47.7 Å². The fourth-order valence-electron chi connectivity index (χ4n) is 2.85. The highest BCUT2D eigenvalue weighted by atomic mass is 35.5. The molecule has 0 aliphatic rings. The summed E-state index contributed by atoms with van der Waals surface area (Å²) in [5, 5.41) is 0.148. The van der Waals surface area contributed by atoms with Crippen LogP contribution >= 0.6 is 11.6 Å². The van der Waals surface area contributed by atoms with Crippen LogP contribution in [0.4, 0.5) is 5.82 Å². The van der Waals surface area contributed by atoms with Crippen molar-refractivity contribution < 1.29 is 13.2 Å². The lowest BCUT2D eigenvalue weighted by Crippen LogP contribution is -2.15. The largest absolute Gasteiger partial charge is 0.497 e. The van der Waals surface area contributed by atoms with Gasteiger partial charge in [0.25, 0.3) is 10.0 Å². The summed E-state index contributed by atoms with van der Waals surface area (Å²) < 4.78 is 33.5. The molecule has 29 heavy (non-hydrogen) atoms. The van der Waals surface area contributed by atoms with Crippen molar-refractivity contribution in [2.45, 2.75) is 31.1 Å². The van der Waals surface area contributed by atoms with Gasteiger partial charge in [-0.1, -0.05) is 49.7 Å². The van der Waals surface area contributed by atoms with Gasteiger partial charge in [-0.25, -0.2) is 18.4 Å². The summed E-state index contributed by atoms with van der Waals surface area (Å²) >= 11 is 6.27. The van der Waals surface area contributed by atoms with Crippen molar-refractivity contribution in [1.29, 1.82) is 0 Å². The standard InChI is InChI=1S/C21H22ClN3O3S/c1-4-14(2)15-7-11-18(12-8-15)29(26,27)25-21-19(20(22)23-13-24-21)16-5-9-17(28-3)10-6-16/h5-14H,4H2,1-3H3,(H,23,24,25). The number of anilines is 1. The van der Waals surface area contributed by atoms with Gasteiger partial charge in [-0.15, -0.1) is 0 Å². The maximum Gasteiger partial charge on any atom is 0.263 e. The molecule has 0 fully saturated rings. The van der Waals surface area contributed by atoms with Crippen molar-refractivity contribution in [3.63, 3.8) is 0 Å². The van der Waals surface area contributed by atoms with Crippen LogP contribution in [0.25, 0.3) is 11.1 Å². The fraction of sp³-hybridized carbons (Fsp3) is 0.238. The lowest BCUT2D eigenvalue weighted by atomic mass is 9.99. The normalized spacial score (nSPS) is 12.4. The van der Waals surface area contributed by atoms with E-state index >= 15 is 0 Å². The molecule has 0 saturated carbocycles. The van der Waals surface area contributed by atoms with E-state index in [4.69, 9.17) is 16.3 Å². The Balaban J connectivity index is 1.96. The third-order valence-electron chi connectivity index (χ3n) is 4.78. The number of methoxy groups -OCH3 is 1. The molecule has 3 aromatic rings. The van der Waals surface area contributed by atoms with Crippen LogP contribution in [0, 0.1) is 0 Å². The third kappa shape index (κ3) is 4.68. The van der Waals surface area contributed by atoms with E-state index in [9.17, 15) is 8.42 Å². The first-order valence-corrected chi connectivity index (χ1v) is 11.0. The Kier molecular flexibility index (Phi) is 6.39. The fourth-order valence-corrected chi connectivity index (χ4v) is 4.12. The summed E-state index contributed by atoms with van der Waals surface area (Å²) in [6.07, 6.45) is 2.20. The van der Waals surface area contributed by atoms with Gasteiger partial charge in [-0.2, -0.15) is 0 Å². The van der Waals surface area contributed by atoms with E-state index in [1.807, 2.05) is 12.1 Å². The molecule has 3 rings (SSSR count). The number of rotatable bonds is 7. The van der Waals surface area contributed by atoms with Crippen LogP contribution in [0.1, 0.15) is 31.7 Å². The molecule has 0 spiro atoms. The zero-order chi connectivity index (χ0) is 21.0. The van der Waals surface area contributed by atoms with Crippen molar-refractivity contribution >= 4 is 27.4 Å². The highest BCUT2D eigenvalue weighted by molar-refractivity contribution is 7.92. The van der Waals surface area contributed by atoms with Gasteiger partial charge in [-0.3, -0.25) is 4.72 Å². The van der Waals surface area contributed by atoms with Gasteiger partial charge >= 0.3 is 0 Å². The Morgan fingerprint density at radius 2 is 1.72 bits per heavy atom. The number of hydrogen-bond donors (Lipinski definition) is 1. The number of halogens is 1. The molecule has 152 valence electrons. The second-order valence-corrected chi connectivity index (χ2v) is 8.64. The quantitative estimate of drug-likeness (QED) is 0.525. The Hall–Kier alpha value is -2.64. The molecular formula is C21H22ClN3O3S. The maximum absolute atomic E-state index is 12.9. The first-order valence-electron chi connectivity index (χ1n) is 9.13. The van der Waals surface area contributed by atoms with Crippen molar-refractivity contribution in [2.75, 3.05) is 11.8 Å². The topological polar surface area (TPSA) is 81.2 Å². The molecule has 1 heterocycles. The Morgan fingerprint density at radius 1 is 1.07 bits per heavy atom. The number of nitrogens with one attached hydrogen (secondary N) is 1. The van der Waals surface area contributed by atoms with Crippen LogP contribution < -0.4 is 9.46 Å².